The van der Waals surface area contributed by atoms with Crippen LogP contribution in [0.2, 0.25) is 0 Å². The van der Waals surface area contributed by atoms with Gasteiger partial charge in [-0.1, -0.05) is 66.7 Å². The van der Waals surface area contributed by atoms with Crippen molar-refractivity contribution >= 4 is 35.6 Å². The van der Waals surface area contributed by atoms with Crippen molar-refractivity contribution in [3.8, 4) is 0 Å². The molecule has 0 bridgehead atoms. The largest absolute Gasteiger partial charge is 0.368 e. The van der Waals surface area contributed by atoms with Gasteiger partial charge in [0.2, 0.25) is 11.8 Å². The van der Waals surface area contributed by atoms with Crippen molar-refractivity contribution in [3.63, 3.8) is 0 Å². The number of halogens is 1. The summed E-state index contributed by atoms with van der Waals surface area (Å²) in [4.78, 5) is 26.5. The van der Waals surface area contributed by atoms with Crippen LogP contribution < -0.4 is 16.0 Å². The fourth-order valence-electron chi connectivity index (χ4n) is 2.89. The molecule has 0 spiro atoms. The van der Waals surface area contributed by atoms with Crippen LogP contribution in [0.4, 0.5) is 11.4 Å². The van der Waals surface area contributed by atoms with Crippen LogP contribution in [0.1, 0.15) is 11.6 Å². The summed E-state index contributed by atoms with van der Waals surface area (Å²) in [6.07, 6.45) is 0. The number of primary amides is 1. The number of para-hydroxylation sites is 2. The van der Waals surface area contributed by atoms with E-state index in [-0.39, 0.29) is 24.9 Å². The highest BCUT2D eigenvalue weighted by atomic mass is 35.5. The quantitative estimate of drug-likeness (QED) is 0.642. The lowest BCUT2D eigenvalue weighted by Crippen LogP contribution is -2.41. The summed E-state index contributed by atoms with van der Waals surface area (Å²) in [6.45, 7) is -0.0354. The number of anilines is 2. The van der Waals surface area contributed by atoms with E-state index in [1.807, 2.05) is 78.9 Å². The SMILES string of the molecule is Cl.NC(=O)C(NCC(=O)N(c1ccccc1)c1ccccc1)c1ccccc1. The van der Waals surface area contributed by atoms with Gasteiger partial charge in [0.05, 0.1) is 6.54 Å². The molecule has 3 aromatic carbocycles. The summed E-state index contributed by atoms with van der Waals surface area (Å²) in [7, 11) is 0. The molecule has 28 heavy (non-hydrogen) atoms. The summed E-state index contributed by atoms with van der Waals surface area (Å²) >= 11 is 0. The van der Waals surface area contributed by atoms with Crippen LogP contribution in [0.5, 0.6) is 0 Å². The number of nitrogens with two attached hydrogens (primary N) is 1. The Kier molecular flexibility index (Phi) is 7.75. The highest BCUT2D eigenvalue weighted by molar-refractivity contribution is 6.01. The smallest absolute Gasteiger partial charge is 0.245 e. The summed E-state index contributed by atoms with van der Waals surface area (Å²) in [6, 6.07) is 27.2. The number of carbonyl (C=O) groups is 2. The predicted molar refractivity (Wildman–Crippen MR) is 114 cm³/mol. The third kappa shape index (κ3) is 5.19. The van der Waals surface area contributed by atoms with Gasteiger partial charge in [-0.2, -0.15) is 0 Å². The lowest BCUT2D eigenvalue weighted by atomic mass is 10.1. The molecular formula is C22H22ClN3O2. The lowest BCUT2D eigenvalue weighted by Gasteiger charge is -2.24. The zero-order valence-corrected chi connectivity index (χ0v) is 16.0. The number of rotatable bonds is 7. The van der Waals surface area contributed by atoms with Gasteiger partial charge in [0.25, 0.3) is 0 Å². The van der Waals surface area contributed by atoms with E-state index in [9.17, 15) is 9.59 Å². The van der Waals surface area contributed by atoms with Crippen molar-refractivity contribution in [2.45, 2.75) is 6.04 Å². The molecule has 0 aliphatic carbocycles. The first-order valence-electron chi connectivity index (χ1n) is 8.67. The number of hydrogen-bond acceptors (Lipinski definition) is 3. The molecular weight excluding hydrogens is 374 g/mol. The normalized spacial score (nSPS) is 11.1. The minimum absolute atomic E-state index is 0. The van der Waals surface area contributed by atoms with Crippen molar-refractivity contribution in [3.05, 3.63) is 96.6 Å². The van der Waals surface area contributed by atoms with E-state index in [2.05, 4.69) is 5.32 Å². The first-order chi connectivity index (χ1) is 13.2. The minimum Gasteiger partial charge on any atom is -0.368 e. The molecule has 3 aromatic rings. The second kappa shape index (κ2) is 10.3. The number of carbonyl (C=O) groups excluding carboxylic acids is 2. The number of hydrogen-bond donors (Lipinski definition) is 2. The van der Waals surface area contributed by atoms with Gasteiger partial charge >= 0.3 is 0 Å². The van der Waals surface area contributed by atoms with Gasteiger partial charge in [-0.3, -0.25) is 19.8 Å². The van der Waals surface area contributed by atoms with E-state index in [4.69, 9.17) is 5.73 Å². The Hall–Kier alpha value is -3.15. The van der Waals surface area contributed by atoms with E-state index in [1.165, 1.54) is 0 Å². The monoisotopic (exact) mass is 395 g/mol. The number of amides is 2. The second-order valence-electron chi connectivity index (χ2n) is 6.03. The molecule has 3 rings (SSSR count). The zero-order valence-electron chi connectivity index (χ0n) is 15.2. The molecule has 0 heterocycles. The molecule has 0 fully saturated rings. The Morgan fingerprint density at radius 2 is 1.21 bits per heavy atom. The molecule has 6 heteroatoms. The van der Waals surface area contributed by atoms with Gasteiger partial charge in [-0.25, -0.2) is 0 Å². The Bertz CT molecular complexity index is 850. The van der Waals surface area contributed by atoms with Crippen molar-refractivity contribution in [2.75, 3.05) is 11.4 Å². The summed E-state index contributed by atoms with van der Waals surface area (Å²) in [5, 5.41) is 2.99. The van der Waals surface area contributed by atoms with Crippen molar-refractivity contribution in [1.82, 2.24) is 5.32 Å². The van der Waals surface area contributed by atoms with Crippen LogP contribution >= 0.6 is 12.4 Å². The van der Waals surface area contributed by atoms with E-state index >= 15 is 0 Å². The molecule has 0 aromatic heterocycles. The Labute approximate surface area is 170 Å². The predicted octanol–water partition coefficient (Wildman–Crippen LogP) is 3.59. The molecule has 0 saturated carbocycles. The van der Waals surface area contributed by atoms with Crippen molar-refractivity contribution in [2.24, 2.45) is 5.73 Å². The number of nitrogens with zero attached hydrogens (tertiary/aromatic N) is 1. The topological polar surface area (TPSA) is 75.4 Å². The van der Waals surface area contributed by atoms with Gasteiger partial charge in [0.15, 0.2) is 0 Å². The number of nitrogens with one attached hydrogen (secondary N) is 1. The highest BCUT2D eigenvalue weighted by Gasteiger charge is 2.22. The highest BCUT2D eigenvalue weighted by Crippen LogP contribution is 2.25. The molecule has 1 atom stereocenters. The molecule has 0 saturated heterocycles. The average Bonchev–Trinajstić information content (AvgIpc) is 2.70. The summed E-state index contributed by atoms with van der Waals surface area (Å²) < 4.78 is 0. The maximum atomic E-state index is 13.0. The van der Waals surface area contributed by atoms with E-state index in [0.717, 1.165) is 16.9 Å². The Balaban J connectivity index is 0.00000280. The van der Waals surface area contributed by atoms with Gasteiger partial charge < -0.3 is 5.73 Å². The summed E-state index contributed by atoms with van der Waals surface area (Å²) in [5.41, 5.74) is 7.76. The van der Waals surface area contributed by atoms with Gasteiger partial charge in [0.1, 0.15) is 6.04 Å². The van der Waals surface area contributed by atoms with E-state index in [1.54, 1.807) is 17.0 Å². The van der Waals surface area contributed by atoms with Crippen LogP contribution in [-0.2, 0) is 9.59 Å². The van der Waals surface area contributed by atoms with Gasteiger partial charge in [-0.15, -0.1) is 12.4 Å². The van der Waals surface area contributed by atoms with Crippen LogP contribution in [0.3, 0.4) is 0 Å². The van der Waals surface area contributed by atoms with Crippen molar-refractivity contribution < 1.29 is 9.59 Å². The molecule has 0 aliphatic heterocycles. The Morgan fingerprint density at radius 1 is 0.786 bits per heavy atom. The molecule has 1 unspecified atom stereocenters. The van der Waals surface area contributed by atoms with Gasteiger partial charge in [-0.05, 0) is 29.8 Å². The molecule has 0 aliphatic rings. The lowest BCUT2D eigenvalue weighted by molar-refractivity contribution is -0.120. The van der Waals surface area contributed by atoms with Crippen LogP contribution in [0.15, 0.2) is 91.0 Å². The summed E-state index contributed by atoms with van der Waals surface area (Å²) in [5.74, 6) is -0.713. The van der Waals surface area contributed by atoms with Crippen molar-refractivity contribution in [1.29, 1.82) is 0 Å². The fourth-order valence-corrected chi connectivity index (χ4v) is 2.89. The van der Waals surface area contributed by atoms with E-state index in [0.29, 0.717) is 0 Å². The van der Waals surface area contributed by atoms with Crippen LogP contribution in [-0.4, -0.2) is 18.4 Å². The zero-order chi connectivity index (χ0) is 19.1. The Morgan fingerprint density at radius 3 is 1.64 bits per heavy atom. The maximum absolute atomic E-state index is 13.0. The minimum atomic E-state index is -0.733. The molecule has 2 amide bonds. The van der Waals surface area contributed by atoms with E-state index < -0.39 is 11.9 Å². The first-order valence-corrected chi connectivity index (χ1v) is 8.67. The third-order valence-electron chi connectivity index (χ3n) is 4.15. The molecule has 0 radical (unpaired) electrons. The fraction of sp³-hybridized carbons (Fsp3) is 0.0909. The average molecular weight is 396 g/mol. The standard InChI is InChI=1S/C22H21N3O2.ClH/c23-22(27)21(17-10-4-1-5-11-17)24-16-20(26)25(18-12-6-2-7-13-18)19-14-8-3-9-15-19;/h1-15,21,24H,16H2,(H2,23,27);1H. The van der Waals surface area contributed by atoms with Crippen LogP contribution in [0, 0.1) is 0 Å². The van der Waals surface area contributed by atoms with Gasteiger partial charge in [0, 0.05) is 11.4 Å². The second-order valence-corrected chi connectivity index (χ2v) is 6.03. The van der Waals surface area contributed by atoms with Crippen LogP contribution in [0.25, 0.3) is 0 Å². The maximum Gasteiger partial charge on any atom is 0.245 e. The molecule has 144 valence electrons. The first kappa shape index (κ1) is 21.2. The molecule has 3 N–H and O–H groups in total. The third-order valence-corrected chi connectivity index (χ3v) is 4.15. The number of benzene rings is 3. The molecule has 5 nitrogen and oxygen atoms in total.